The number of hydrogen-bond donors (Lipinski definition) is 1. The number of alkyl halides is 3. The molecule has 0 aliphatic carbocycles. The third-order valence-corrected chi connectivity index (χ3v) is 7.27. The summed E-state index contributed by atoms with van der Waals surface area (Å²) in [6.07, 6.45) is -3.20. The molecule has 0 spiro atoms. The molecule has 1 fully saturated rings. The minimum atomic E-state index is -4.64. The maximum absolute atomic E-state index is 13.1. The van der Waals surface area contributed by atoms with Gasteiger partial charge in [0.05, 0.1) is 28.3 Å². The Bertz CT molecular complexity index is 1500. The summed E-state index contributed by atoms with van der Waals surface area (Å²) in [5, 5.41) is 1.86. The van der Waals surface area contributed by atoms with Gasteiger partial charge in [0.15, 0.2) is 0 Å². The molecular weight excluding hydrogens is 637 g/mol. The van der Waals surface area contributed by atoms with Gasteiger partial charge >= 0.3 is 6.18 Å². The number of ether oxygens (including phenoxy) is 2. The van der Waals surface area contributed by atoms with Gasteiger partial charge in [0.1, 0.15) is 24.7 Å². The molecule has 40 heavy (non-hydrogen) atoms. The van der Waals surface area contributed by atoms with Crippen LogP contribution in [0.15, 0.2) is 70.0 Å². The van der Waals surface area contributed by atoms with Crippen LogP contribution in [-0.4, -0.2) is 35.6 Å². The van der Waals surface area contributed by atoms with Crippen molar-refractivity contribution in [3.63, 3.8) is 0 Å². The Kier molecular flexibility index (Phi) is 9.12. The maximum atomic E-state index is 13.1. The normalized spacial score (nSPS) is 14.6. The van der Waals surface area contributed by atoms with Crippen molar-refractivity contribution >= 4 is 68.1 Å². The van der Waals surface area contributed by atoms with E-state index in [1.165, 1.54) is 13.2 Å². The van der Waals surface area contributed by atoms with Gasteiger partial charge in [0.25, 0.3) is 11.1 Å². The minimum absolute atomic E-state index is 0.0171. The number of amides is 3. The maximum Gasteiger partial charge on any atom is 0.416 e. The summed E-state index contributed by atoms with van der Waals surface area (Å²) >= 11 is 10.3. The van der Waals surface area contributed by atoms with E-state index < -0.39 is 35.3 Å². The number of nitrogens with one attached hydrogen (secondary N) is 1. The highest BCUT2D eigenvalue weighted by molar-refractivity contribution is 9.10. The SMILES string of the molecule is COc1ccc(C(F)(F)F)cc1NC(=O)CN1C(=O)S/C(=C\c2ccc(OCc3ccc(Br)cc3)c(Cl)c2)C1=O. The Balaban J connectivity index is 1.42. The third kappa shape index (κ3) is 7.18. The predicted octanol–water partition coefficient (Wildman–Crippen LogP) is 7.38. The lowest BCUT2D eigenvalue weighted by molar-refractivity contribution is -0.137. The molecule has 0 aromatic heterocycles. The van der Waals surface area contributed by atoms with Crippen molar-refractivity contribution < 1.29 is 37.0 Å². The van der Waals surface area contributed by atoms with Crippen LogP contribution in [0.3, 0.4) is 0 Å². The van der Waals surface area contributed by atoms with E-state index in [9.17, 15) is 27.6 Å². The highest BCUT2D eigenvalue weighted by Crippen LogP contribution is 2.36. The molecule has 1 aliphatic rings. The fourth-order valence-corrected chi connectivity index (χ4v) is 4.91. The average Bonchev–Trinajstić information content (AvgIpc) is 3.15. The smallest absolute Gasteiger partial charge is 0.416 e. The molecule has 1 saturated heterocycles. The predicted molar refractivity (Wildman–Crippen MR) is 149 cm³/mol. The van der Waals surface area contributed by atoms with Gasteiger partial charge in [-0.15, -0.1) is 0 Å². The highest BCUT2D eigenvalue weighted by atomic mass is 79.9. The molecule has 0 bridgehead atoms. The van der Waals surface area contributed by atoms with E-state index in [0.717, 1.165) is 22.2 Å². The molecule has 3 aromatic rings. The zero-order valence-electron chi connectivity index (χ0n) is 20.6. The first-order valence-electron chi connectivity index (χ1n) is 11.4. The molecule has 0 radical (unpaired) electrons. The van der Waals surface area contributed by atoms with Crippen molar-refractivity contribution in [2.24, 2.45) is 0 Å². The molecule has 7 nitrogen and oxygen atoms in total. The first-order chi connectivity index (χ1) is 18.9. The van der Waals surface area contributed by atoms with Gasteiger partial charge in [-0.25, -0.2) is 0 Å². The van der Waals surface area contributed by atoms with Gasteiger partial charge in [-0.1, -0.05) is 45.7 Å². The average molecular weight is 656 g/mol. The molecule has 4 rings (SSSR count). The van der Waals surface area contributed by atoms with Gasteiger partial charge in [0, 0.05) is 4.47 Å². The van der Waals surface area contributed by atoms with Gasteiger partial charge in [0.2, 0.25) is 5.91 Å². The largest absolute Gasteiger partial charge is 0.495 e. The standard InChI is InChI=1S/C27H19BrClF3N2O5S/c1-38-22-9-5-17(27(30,31)32)12-20(22)33-24(35)13-34-25(36)23(40-26(34)37)11-16-4-8-21(19(29)10-16)39-14-15-2-6-18(28)7-3-15/h2-12H,13-14H2,1H3,(H,33,35)/b23-11-. The summed E-state index contributed by atoms with van der Waals surface area (Å²) in [7, 11) is 1.23. The number of nitrogens with zero attached hydrogens (tertiary/aromatic N) is 1. The summed E-state index contributed by atoms with van der Waals surface area (Å²) < 4.78 is 51.0. The van der Waals surface area contributed by atoms with Crippen molar-refractivity contribution in [3.8, 4) is 11.5 Å². The van der Waals surface area contributed by atoms with E-state index in [-0.39, 0.29) is 16.3 Å². The van der Waals surface area contributed by atoms with Gasteiger partial charge < -0.3 is 14.8 Å². The van der Waals surface area contributed by atoms with Crippen molar-refractivity contribution in [3.05, 3.63) is 91.8 Å². The Morgan fingerprint density at radius 1 is 1.07 bits per heavy atom. The lowest BCUT2D eigenvalue weighted by atomic mass is 10.1. The zero-order valence-corrected chi connectivity index (χ0v) is 23.7. The van der Waals surface area contributed by atoms with Crippen LogP contribution in [0.25, 0.3) is 6.08 Å². The fraction of sp³-hybridized carbons (Fsp3) is 0.148. The second-order valence-corrected chi connectivity index (χ2v) is 10.6. The molecule has 1 N–H and O–H groups in total. The van der Waals surface area contributed by atoms with Crippen LogP contribution < -0.4 is 14.8 Å². The molecular formula is C27H19BrClF3N2O5S. The lowest BCUT2D eigenvalue weighted by Crippen LogP contribution is -2.36. The van der Waals surface area contributed by atoms with Crippen LogP contribution in [0, 0.1) is 0 Å². The summed E-state index contributed by atoms with van der Waals surface area (Å²) in [5.41, 5.74) is 0.209. The Labute approximate surface area is 244 Å². The number of thioether (sulfide) groups is 1. The molecule has 1 heterocycles. The topological polar surface area (TPSA) is 84.9 Å². The Morgan fingerprint density at radius 3 is 2.42 bits per heavy atom. The first kappa shape index (κ1) is 29.5. The van der Waals surface area contributed by atoms with Crippen molar-refractivity contribution in [2.45, 2.75) is 12.8 Å². The number of imide groups is 1. The van der Waals surface area contributed by atoms with Gasteiger partial charge in [-0.05, 0) is 71.4 Å². The van der Waals surface area contributed by atoms with Crippen molar-refractivity contribution in [1.82, 2.24) is 4.90 Å². The number of benzene rings is 3. The highest BCUT2D eigenvalue weighted by Gasteiger charge is 2.37. The van der Waals surface area contributed by atoms with Crippen LogP contribution in [0.5, 0.6) is 11.5 Å². The van der Waals surface area contributed by atoms with Crippen LogP contribution in [0.4, 0.5) is 23.7 Å². The fourth-order valence-electron chi connectivity index (χ4n) is 3.57. The Hall–Kier alpha value is -3.48. The molecule has 3 aromatic carbocycles. The van der Waals surface area contributed by atoms with E-state index in [2.05, 4.69) is 21.2 Å². The molecule has 1 aliphatic heterocycles. The number of rotatable bonds is 8. The lowest BCUT2D eigenvalue weighted by Gasteiger charge is -2.16. The molecule has 0 unspecified atom stereocenters. The summed E-state index contributed by atoms with van der Waals surface area (Å²) in [5.74, 6) is -1.20. The molecule has 13 heteroatoms. The van der Waals surface area contributed by atoms with E-state index in [1.54, 1.807) is 18.2 Å². The van der Waals surface area contributed by atoms with Crippen molar-refractivity contribution in [1.29, 1.82) is 0 Å². The van der Waals surface area contributed by atoms with Gasteiger partial charge in [-0.3, -0.25) is 19.3 Å². The van der Waals surface area contributed by atoms with E-state index in [1.807, 2.05) is 24.3 Å². The minimum Gasteiger partial charge on any atom is -0.495 e. The molecule has 0 atom stereocenters. The zero-order chi connectivity index (χ0) is 29.0. The quantitative estimate of drug-likeness (QED) is 0.255. The van der Waals surface area contributed by atoms with Crippen LogP contribution in [0.2, 0.25) is 5.02 Å². The second kappa shape index (κ2) is 12.4. The van der Waals surface area contributed by atoms with E-state index in [0.29, 0.717) is 45.7 Å². The van der Waals surface area contributed by atoms with Crippen molar-refractivity contribution in [2.75, 3.05) is 19.0 Å². The molecule has 3 amide bonds. The first-order valence-corrected chi connectivity index (χ1v) is 13.4. The summed E-state index contributed by atoms with van der Waals surface area (Å²) in [6, 6.07) is 15.0. The number of carbonyl (C=O) groups is 3. The second-order valence-electron chi connectivity index (χ2n) is 8.33. The third-order valence-electron chi connectivity index (χ3n) is 5.54. The number of carbonyl (C=O) groups excluding carboxylic acids is 3. The number of anilines is 1. The number of methoxy groups -OCH3 is 1. The number of halogens is 5. The number of hydrogen-bond acceptors (Lipinski definition) is 6. The van der Waals surface area contributed by atoms with E-state index >= 15 is 0 Å². The van der Waals surface area contributed by atoms with Gasteiger partial charge in [-0.2, -0.15) is 13.2 Å². The molecule has 208 valence electrons. The van der Waals surface area contributed by atoms with Crippen LogP contribution in [0.1, 0.15) is 16.7 Å². The summed E-state index contributed by atoms with van der Waals surface area (Å²) in [6.45, 7) is -0.412. The molecule has 0 saturated carbocycles. The van der Waals surface area contributed by atoms with Crippen LogP contribution >= 0.6 is 39.3 Å². The van der Waals surface area contributed by atoms with E-state index in [4.69, 9.17) is 21.1 Å². The monoisotopic (exact) mass is 654 g/mol. The van der Waals surface area contributed by atoms with Crippen LogP contribution in [-0.2, 0) is 22.4 Å². The Morgan fingerprint density at radius 2 is 1.77 bits per heavy atom. The summed E-state index contributed by atoms with van der Waals surface area (Å²) in [4.78, 5) is 38.6.